The second kappa shape index (κ2) is 8.00. The Kier molecular flexibility index (Phi) is 5.40. The minimum atomic E-state index is -4.10. The number of nitrogens with one attached hydrogen (secondary N) is 1. The van der Waals surface area contributed by atoms with Crippen molar-refractivity contribution in [1.82, 2.24) is 9.88 Å². The number of aliphatic hydroxyl groups is 1. The molecular formula is C21H20FN3O4S. The summed E-state index contributed by atoms with van der Waals surface area (Å²) < 4.78 is 42.6. The average molecular weight is 429 g/mol. The molecule has 0 radical (unpaired) electrons. The highest BCUT2D eigenvalue weighted by molar-refractivity contribution is 7.93. The van der Waals surface area contributed by atoms with Gasteiger partial charge in [0.1, 0.15) is 10.7 Å². The zero-order valence-electron chi connectivity index (χ0n) is 16.0. The number of fused-ring (bicyclic) bond motifs is 1. The standard InChI is InChI=1S/C21H20FN3O4S/c22-17-13-15(21(27)25-11-8-16(26)9-12-25)6-7-18(17)24-30(28,29)19-5-1-3-14-4-2-10-23-20(14)19/h1-7,10,13,16,24,26H,8-9,11-12H2. The number of carbonyl (C=O) groups is 1. The highest BCUT2D eigenvalue weighted by Crippen LogP contribution is 2.25. The Morgan fingerprint density at radius 3 is 2.60 bits per heavy atom. The first-order chi connectivity index (χ1) is 14.3. The lowest BCUT2D eigenvalue weighted by molar-refractivity contribution is 0.0546. The van der Waals surface area contributed by atoms with E-state index in [1.807, 2.05) is 0 Å². The number of carbonyl (C=O) groups excluding carboxylic acids is 1. The van der Waals surface area contributed by atoms with Gasteiger partial charge in [-0.3, -0.25) is 14.5 Å². The van der Waals surface area contributed by atoms with Gasteiger partial charge in [-0.15, -0.1) is 0 Å². The number of nitrogens with zero attached hydrogens (tertiary/aromatic N) is 2. The maximum absolute atomic E-state index is 14.6. The third kappa shape index (κ3) is 3.99. The second-order valence-corrected chi connectivity index (χ2v) is 8.81. The molecule has 1 saturated heterocycles. The van der Waals surface area contributed by atoms with Crippen molar-refractivity contribution in [1.29, 1.82) is 0 Å². The number of piperidine rings is 1. The molecule has 0 spiro atoms. The monoisotopic (exact) mass is 429 g/mol. The molecule has 4 rings (SSSR count). The van der Waals surface area contributed by atoms with Crippen LogP contribution in [0.4, 0.5) is 10.1 Å². The van der Waals surface area contributed by atoms with Gasteiger partial charge in [0, 0.05) is 30.2 Å². The van der Waals surface area contributed by atoms with Crippen LogP contribution in [0, 0.1) is 5.82 Å². The number of aromatic nitrogens is 1. The molecule has 1 aromatic heterocycles. The van der Waals surface area contributed by atoms with Crippen LogP contribution in [0.3, 0.4) is 0 Å². The Morgan fingerprint density at radius 2 is 1.87 bits per heavy atom. The molecule has 7 nitrogen and oxygen atoms in total. The van der Waals surface area contributed by atoms with Gasteiger partial charge in [0.25, 0.3) is 15.9 Å². The summed E-state index contributed by atoms with van der Waals surface area (Å²) in [7, 11) is -4.10. The molecule has 0 unspecified atom stereocenters. The topological polar surface area (TPSA) is 99.6 Å². The summed E-state index contributed by atoms with van der Waals surface area (Å²) in [5, 5.41) is 10.2. The molecule has 0 bridgehead atoms. The Labute approximate surface area is 173 Å². The van der Waals surface area contributed by atoms with Crippen LogP contribution in [0.25, 0.3) is 10.9 Å². The van der Waals surface area contributed by atoms with Crippen LogP contribution >= 0.6 is 0 Å². The molecule has 1 fully saturated rings. The van der Waals surface area contributed by atoms with Crippen molar-refractivity contribution in [3.8, 4) is 0 Å². The lowest BCUT2D eigenvalue weighted by Gasteiger charge is -2.29. The van der Waals surface area contributed by atoms with Crippen molar-refractivity contribution >= 4 is 32.5 Å². The number of anilines is 1. The molecule has 156 valence electrons. The quantitative estimate of drug-likeness (QED) is 0.664. The predicted molar refractivity (Wildman–Crippen MR) is 110 cm³/mol. The first-order valence-electron chi connectivity index (χ1n) is 9.48. The van der Waals surface area contributed by atoms with Crippen LogP contribution in [0.5, 0.6) is 0 Å². The number of amides is 1. The molecular weight excluding hydrogens is 409 g/mol. The highest BCUT2D eigenvalue weighted by atomic mass is 32.2. The number of rotatable bonds is 4. The SMILES string of the molecule is O=C(c1ccc(NS(=O)(=O)c2cccc3cccnc23)c(F)c1)N1CCC(O)CC1. The number of halogens is 1. The summed E-state index contributed by atoms with van der Waals surface area (Å²) in [4.78, 5) is 18.2. The number of para-hydroxylation sites is 1. The molecule has 3 aromatic rings. The lowest BCUT2D eigenvalue weighted by Crippen LogP contribution is -2.40. The van der Waals surface area contributed by atoms with Crippen molar-refractivity contribution in [3.05, 3.63) is 66.1 Å². The lowest BCUT2D eigenvalue weighted by atomic mass is 10.1. The van der Waals surface area contributed by atoms with E-state index in [-0.39, 0.29) is 27.6 Å². The number of benzene rings is 2. The van der Waals surface area contributed by atoms with Crippen LogP contribution in [-0.4, -0.2) is 48.5 Å². The van der Waals surface area contributed by atoms with E-state index in [4.69, 9.17) is 0 Å². The first kappa shape index (κ1) is 20.2. The first-order valence-corrected chi connectivity index (χ1v) is 11.0. The van der Waals surface area contributed by atoms with E-state index in [1.165, 1.54) is 24.4 Å². The molecule has 2 N–H and O–H groups in total. The normalized spacial score (nSPS) is 15.3. The average Bonchev–Trinajstić information content (AvgIpc) is 2.74. The number of likely N-dealkylation sites (tertiary alicyclic amines) is 1. The summed E-state index contributed by atoms with van der Waals surface area (Å²) in [6.07, 6.45) is 2.02. The van der Waals surface area contributed by atoms with Gasteiger partial charge in [0.15, 0.2) is 0 Å². The van der Waals surface area contributed by atoms with Crippen molar-refractivity contribution in [2.75, 3.05) is 17.8 Å². The number of aliphatic hydroxyl groups excluding tert-OH is 1. The van der Waals surface area contributed by atoms with Gasteiger partial charge in [0.05, 0.1) is 17.3 Å². The van der Waals surface area contributed by atoms with E-state index in [2.05, 4.69) is 9.71 Å². The van der Waals surface area contributed by atoms with Crippen molar-refractivity contribution in [2.45, 2.75) is 23.8 Å². The molecule has 1 aliphatic heterocycles. The maximum atomic E-state index is 14.6. The predicted octanol–water partition coefficient (Wildman–Crippen LogP) is 2.77. The van der Waals surface area contributed by atoms with Crippen molar-refractivity contribution < 1.29 is 22.7 Å². The van der Waals surface area contributed by atoms with Crippen LogP contribution in [0.2, 0.25) is 0 Å². The number of pyridine rings is 1. The number of hydrogen-bond donors (Lipinski definition) is 2. The molecule has 0 atom stereocenters. The molecule has 1 aliphatic rings. The summed E-state index contributed by atoms with van der Waals surface area (Å²) in [5.41, 5.74) is 0.152. The Balaban J connectivity index is 1.58. The molecule has 2 aromatic carbocycles. The zero-order chi connectivity index (χ0) is 21.3. The van der Waals surface area contributed by atoms with E-state index in [9.17, 15) is 22.7 Å². The summed E-state index contributed by atoms with van der Waals surface area (Å²) in [6, 6.07) is 11.8. The van der Waals surface area contributed by atoms with Gasteiger partial charge in [-0.25, -0.2) is 12.8 Å². The van der Waals surface area contributed by atoms with Gasteiger partial charge < -0.3 is 10.0 Å². The third-order valence-corrected chi connectivity index (χ3v) is 6.49. The van der Waals surface area contributed by atoms with E-state index in [0.29, 0.717) is 31.3 Å². The van der Waals surface area contributed by atoms with Gasteiger partial charge >= 0.3 is 0 Å². The molecule has 0 aliphatic carbocycles. The highest BCUT2D eigenvalue weighted by Gasteiger charge is 2.24. The number of hydrogen-bond acceptors (Lipinski definition) is 5. The van der Waals surface area contributed by atoms with Crippen LogP contribution in [0.1, 0.15) is 23.2 Å². The van der Waals surface area contributed by atoms with Crippen molar-refractivity contribution in [3.63, 3.8) is 0 Å². The zero-order valence-corrected chi connectivity index (χ0v) is 16.8. The van der Waals surface area contributed by atoms with Crippen molar-refractivity contribution in [2.24, 2.45) is 0 Å². The molecule has 30 heavy (non-hydrogen) atoms. The summed E-state index contributed by atoms with van der Waals surface area (Å²) in [5.74, 6) is -1.21. The minimum absolute atomic E-state index is 0.0629. The van der Waals surface area contributed by atoms with E-state index < -0.39 is 21.9 Å². The minimum Gasteiger partial charge on any atom is -0.393 e. The fraction of sp³-hybridized carbons (Fsp3) is 0.238. The van der Waals surface area contributed by atoms with Crippen LogP contribution < -0.4 is 4.72 Å². The second-order valence-electron chi connectivity index (χ2n) is 7.15. The molecule has 9 heteroatoms. The Hall–Kier alpha value is -3.04. The fourth-order valence-electron chi connectivity index (χ4n) is 3.48. The Bertz CT molecular complexity index is 1200. The van der Waals surface area contributed by atoms with Gasteiger partial charge in [0.2, 0.25) is 0 Å². The molecule has 2 heterocycles. The van der Waals surface area contributed by atoms with Gasteiger partial charge in [-0.1, -0.05) is 18.2 Å². The summed E-state index contributed by atoms with van der Waals surface area (Å²) >= 11 is 0. The van der Waals surface area contributed by atoms with Crippen LogP contribution in [0.15, 0.2) is 59.6 Å². The molecule has 0 saturated carbocycles. The van der Waals surface area contributed by atoms with E-state index >= 15 is 0 Å². The maximum Gasteiger partial charge on any atom is 0.264 e. The van der Waals surface area contributed by atoms with Gasteiger partial charge in [-0.05, 0) is 43.2 Å². The summed E-state index contributed by atoms with van der Waals surface area (Å²) in [6.45, 7) is 0.786. The third-order valence-electron chi connectivity index (χ3n) is 5.10. The molecule has 1 amide bonds. The largest absolute Gasteiger partial charge is 0.393 e. The van der Waals surface area contributed by atoms with E-state index in [1.54, 1.807) is 29.2 Å². The van der Waals surface area contributed by atoms with E-state index in [0.717, 1.165) is 6.07 Å². The van der Waals surface area contributed by atoms with Gasteiger partial charge in [-0.2, -0.15) is 0 Å². The fourth-order valence-corrected chi connectivity index (χ4v) is 4.72. The Morgan fingerprint density at radius 1 is 1.13 bits per heavy atom. The number of sulfonamides is 1. The van der Waals surface area contributed by atoms with Crippen LogP contribution in [-0.2, 0) is 10.0 Å². The smallest absolute Gasteiger partial charge is 0.264 e.